The van der Waals surface area contributed by atoms with Gasteiger partial charge in [0.25, 0.3) is 5.91 Å². The monoisotopic (exact) mass is 249 g/mol. The molecule has 0 aromatic heterocycles. The molecule has 5 N–H and O–H groups in total. The average molecular weight is 249 g/mol. The molecule has 1 fully saturated rings. The topological polar surface area (TPSA) is 90.4 Å². The van der Waals surface area contributed by atoms with Crippen LogP contribution in [0.15, 0.2) is 18.2 Å². The quantitative estimate of drug-likeness (QED) is 0.702. The van der Waals surface area contributed by atoms with E-state index in [1.54, 1.807) is 19.2 Å². The number of amides is 1. The molecular weight excluding hydrogens is 230 g/mol. The van der Waals surface area contributed by atoms with Gasteiger partial charge < -0.3 is 21.5 Å². The maximum atomic E-state index is 11.2. The van der Waals surface area contributed by atoms with Gasteiger partial charge in [0.1, 0.15) is 0 Å². The van der Waals surface area contributed by atoms with Crippen LogP contribution in [0.1, 0.15) is 29.6 Å². The number of nitrogen functional groups attached to an aromatic ring is 1. The maximum absolute atomic E-state index is 11.2. The number of rotatable bonds is 4. The molecule has 5 nitrogen and oxygen atoms in total. The Morgan fingerprint density at radius 2 is 2.22 bits per heavy atom. The Kier molecular flexibility index (Phi) is 3.72. The predicted molar refractivity (Wildman–Crippen MR) is 71.4 cm³/mol. The minimum absolute atomic E-state index is 0.308. The minimum atomic E-state index is -0.502. The fourth-order valence-corrected chi connectivity index (χ4v) is 2.41. The zero-order valence-corrected chi connectivity index (χ0v) is 10.5. The summed E-state index contributed by atoms with van der Waals surface area (Å²) in [4.78, 5) is 11.2. The van der Waals surface area contributed by atoms with E-state index in [0.717, 1.165) is 24.9 Å². The summed E-state index contributed by atoms with van der Waals surface area (Å²) in [5.74, 6) is -0.502. The van der Waals surface area contributed by atoms with Crippen molar-refractivity contribution >= 4 is 17.3 Å². The van der Waals surface area contributed by atoms with Gasteiger partial charge in [-0.05, 0) is 31.4 Å². The molecule has 0 saturated heterocycles. The van der Waals surface area contributed by atoms with E-state index >= 15 is 0 Å². The van der Waals surface area contributed by atoms with E-state index in [1.807, 2.05) is 6.07 Å². The number of para-hydroxylation sites is 1. The number of methoxy groups -OCH3 is 1. The van der Waals surface area contributed by atoms with E-state index in [9.17, 15) is 4.79 Å². The zero-order valence-electron chi connectivity index (χ0n) is 10.5. The number of ether oxygens (including phenoxy) is 1. The summed E-state index contributed by atoms with van der Waals surface area (Å²) in [6, 6.07) is 5.61. The van der Waals surface area contributed by atoms with Crippen molar-refractivity contribution in [2.45, 2.75) is 31.4 Å². The highest BCUT2D eigenvalue weighted by molar-refractivity contribution is 6.00. The number of anilines is 2. The second-order valence-corrected chi connectivity index (χ2v) is 4.64. The zero-order chi connectivity index (χ0) is 13.1. The second kappa shape index (κ2) is 5.27. The van der Waals surface area contributed by atoms with Crippen LogP contribution in [0.3, 0.4) is 0 Å². The van der Waals surface area contributed by atoms with Crippen molar-refractivity contribution in [3.8, 4) is 0 Å². The first-order valence-corrected chi connectivity index (χ1v) is 6.09. The third-order valence-corrected chi connectivity index (χ3v) is 3.45. The van der Waals surface area contributed by atoms with E-state index in [2.05, 4.69) is 5.32 Å². The molecule has 18 heavy (non-hydrogen) atoms. The first-order chi connectivity index (χ1) is 8.61. The van der Waals surface area contributed by atoms with E-state index in [4.69, 9.17) is 16.2 Å². The van der Waals surface area contributed by atoms with Gasteiger partial charge in [0.05, 0.1) is 23.0 Å². The summed E-state index contributed by atoms with van der Waals surface area (Å²) in [6.07, 6.45) is 3.35. The summed E-state index contributed by atoms with van der Waals surface area (Å²) in [7, 11) is 1.73. The number of primary amides is 1. The number of nitrogens with one attached hydrogen (secondary N) is 1. The molecule has 0 spiro atoms. The normalized spacial score (nSPS) is 22.9. The highest BCUT2D eigenvalue weighted by Gasteiger charge is 2.24. The lowest BCUT2D eigenvalue weighted by atomic mass is 10.1. The van der Waals surface area contributed by atoms with Crippen LogP contribution in [0.4, 0.5) is 11.4 Å². The van der Waals surface area contributed by atoms with Crippen molar-refractivity contribution in [2.24, 2.45) is 5.73 Å². The van der Waals surface area contributed by atoms with E-state index in [1.165, 1.54) is 0 Å². The van der Waals surface area contributed by atoms with E-state index in [0.29, 0.717) is 23.4 Å². The van der Waals surface area contributed by atoms with Gasteiger partial charge in [-0.15, -0.1) is 0 Å². The Hall–Kier alpha value is -1.75. The third kappa shape index (κ3) is 2.56. The Bertz CT molecular complexity index is 448. The van der Waals surface area contributed by atoms with Crippen LogP contribution < -0.4 is 16.8 Å². The smallest absolute Gasteiger partial charge is 0.250 e. The van der Waals surface area contributed by atoms with Gasteiger partial charge in [0, 0.05) is 13.2 Å². The lowest BCUT2D eigenvalue weighted by Crippen LogP contribution is -2.20. The Morgan fingerprint density at radius 1 is 1.44 bits per heavy atom. The van der Waals surface area contributed by atoms with Crippen molar-refractivity contribution in [2.75, 3.05) is 18.2 Å². The van der Waals surface area contributed by atoms with E-state index < -0.39 is 5.91 Å². The maximum Gasteiger partial charge on any atom is 0.250 e. The number of nitrogens with two attached hydrogens (primary N) is 2. The SMILES string of the molecule is COC1CCC(Nc2cccc(C(N)=O)c2N)C1. The van der Waals surface area contributed by atoms with Crippen LogP contribution in [-0.2, 0) is 4.74 Å². The summed E-state index contributed by atoms with van der Waals surface area (Å²) in [6.45, 7) is 0. The molecule has 2 unspecified atom stereocenters. The second-order valence-electron chi connectivity index (χ2n) is 4.64. The molecule has 0 radical (unpaired) electrons. The molecule has 2 atom stereocenters. The summed E-state index contributed by atoms with van der Waals surface area (Å²) >= 11 is 0. The molecule has 2 rings (SSSR count). The standard InChI is InChI=1S/C13H19N3O2/c1-18-9-6-5-8(7-9)16-11-4-2-3-10(12(11)14)13(15)17/h2-4,8-9,16H,5-7,14H2,1H3,(H2,15,17). The molecule has 1 aromatic carbocycles. The Balaban J connectivity index is 2.10. The molecule has 1 aromatic rings. The summed E-state index contributed by atoms with van der Waals surface area (Å²) in [5, 5.41) is 3.36. The van der Waals surface area contributed by atoms with Crippen molar-refractivity contribution in [3.63, 3.8) is 0 Å². The highest BCUT2D eigenvalue weighted by atomic mass is 16.5. The van der Waals surface area contributed by atoms with Crippen LogP contribution in [0.25, 0.3) is 0 Å². The molecule has 1 amide bonds. The fourth-order valence-electron chi connectivity index (χ4n) is 2.41. The number of hydrogen-bond donors (Lipinski definition) is 3. The van der Waals surface area contributed by atoms with Gasteiger partial charge in [0.2, 0.25) is 0 Å². The van der Waals surface area contributed by atoms with Crippen molar-refractivity contribution < 1.29 is 9.53 Å². The first kappa shape index (κ1) is 12.7. The summed E-state index contributed by atoms with van der Waals surface area (Å²) in [5.41, 5.74) is 12.8. The first-order valence-electron chi connectivity index (χ1n) is 6.09. The molecule has 1 saturated carbocycles. The number of carbonyl (C=O) groups excluding carboxylic acids is 1. The number of hydrogen-bond acceptors (Lipinski definition) is 4. The molecule has 1 aliphatic carbocycles. The molecule has 1 aliphatic rings. The van der Waals surface area contributed by atoms with Crippen LogP contribution in [0.5, 0.6) is 0 Å². The molecule has 5 heteroatoms. The van der Waals surface area contributed by atoms with Gasteiger partial charge >= 0.3 is 0 Å². The molecule has 0 bridgehead atoms. The van der Waals surface area contributed by atoms with Crippen LogP contribution >= 0.6 is 0 Å². The molecule has 0 heterocycles. The third-order valence-electron chi connectivity index (χ3n) is 3.45. The van der Waals surface area contributed by atoms with Crippen molar-refractivity contribution in [3.05, 3.63) is 23.8 Å². The summed E-state index contributed by atoms with van der Waals surface area (Å²) < 4.78 is 5.33. The fraction of sp³-hybridized carbons (Fsp3) is 0.462. The van der Waals surface area contributed by atoms with Gasteiger partial charge in [-0.1, -0.05) is 6.07 Å². The molecule has 0 aliphatic heterocycles. The van der Waals surface area contributed by atoms with Gasteiger partial charge in [-0.3, -0.25) is 4.79 Å². The Labute approximate surface area is 106 Å². The van der Waals surface area contributed by atoms with Crippen LogP contribution in [0, 0.1) is 0 Å². The number of benzene rings is 1. The predicted octanol–water partition coefficient (Wildman–Crippen LogP) is 1.35. The Morgan fingerprint density at radius 3 is 2.83 bits per heavy atom. The van der Waals surface area contributed by atoms with E-state index in [-0.39, 0.29) is 0 Å². The average Bonchev–Trinajstić information content (AvgIpc) is 2.79. The van der Waals surface area contributed by atoms with Crippen molar-refractivity contribution in [1.82, 2.24) is 0 Å². The van der Waals surface area contributed by atoms with Crippen molar-refractivity contribution in [1.29, 1.82) is 0 Å². The van der Waals surface area contributed by atoms with Crippen LogP contribution in [0.2, 0.25) is 0 Å². The van der Waals surface area contributed by atoms with Crippen LogP contribution in [-0.4, -0.2) is 25.2 Å². The number of carbonyl (C=O) groups is 1. The molecular formula is C13H19N3O2. The van der Waals surface area contributed by atoms with Gasteiger partial charge in [-0.2, -0.15) is 0 Å². The molecule has 98 valence electrons. The van der Waals surface area contributed by atoms with Gasteiger partial charge in [-0.25, -0.2) is 0 Å². The lowest BCUT2D eigenvalue weighted by molar-refractivity contribution is 0.100. The lowest BCUT2D eigenvalue weighted by Gasteiger charge is -2.17. The van der Waals surface area contributed by atoms with Gasteiger partial charge in [0.15, 0.2) is 0 Å². The highest BCUT2D eigenvalue weighted by Crippen LogP contribution is 2.28. The largest absolute Gasteiger partial charge is 0.396 e. The minimum Gasteiger partial charge on any atom is -0.396 e.